The molecule has 0 unspecified atom stereocenters. The van der Waals surface area contributed by atoms with Gasteiger partial charge in [0.1, 0.15) is 0 Å². The van der Waals surface area contributed by atoms with E-state index < -0.39 is 0 Å². The molecule has 0 aliphatic carbocycles. The summed E-state index contributed by atoms with van der Waals surface area (Å²) in [6.07, 6.45) is 0.908. The Bertz CT molecular complexity index is 430. The highest BCUT2D eigenvalue weighted by Crippen LogP contribution is 2.18. The van der Waals surface area contributed by atoms with Crippen LogP contribution in [0.4, 0.5) is 5.82 Å². The summed E-state index contributed by atoms with van der Waals surface area (Å²) in [6.45, 7) is 0.478. The van der Waals surface area contributed by atoms with Crippen molar-refractivity contribution in [2.45, 2.75) is 12.8 Å². The van der Waals surface area contributed by atoms with E-state index in [0.29, 0.717) is 25.2 Å². The van der Waals surface area contributed by atoms with Gasteiger partial charge >= 0.3 is 0 Å². The second-order valence-electron chi connectivity index (χ2n) is 3.30. The minimum atomic E-state index is -0.125. The third-order valence-corrected chi connectivity index (χ3v) is 2.30. The predicted molar refractivity (Wildman–Crippen MR) is 60.3 cm³/mol. The van der Waals surface area contributed by atoms with Crippen LogP contribution in [0.2, 0.25) is 5.15 Å². The van der Waals surface area contributed by atoms with Crippen molar-refractivity contribution in [2.24, 2.45) is 10.8 Å². The Balaban J connectivity index is 2.21. The first-order valence-corrected chi connectivity index (χ1v) is 5.17. The molecule has 84 valence electrons. The van der Waals surface area contributed by atoms with Gasteiger partial charge in [-0.25, -0.2) is 0 Å². The van der Waals surface area contributed by atoms with Crippen LogP contribution in [-0.4, -0.2) is 28.4 Å². The molecule has 0 aromatic carbocycles. The lowest BCUT2D eigenvalue weighted by atomic mass is 10.2. The smallest absolute Gasteiger partial charge is 0.254 e. The Morgan fingerprint density at radius 2 is 2.25 bits per heavy atom. The number of nitrogens with zero attached hydrogens (tertiary/aromatic N) is 4. The summed E-state index contributed by atoms with van der Waals surface area (Å²) in [5.41, 5.74) is 6.17. The first-order valence-electron chi connectivity index (χ1n) is 4.79. The number of hydrogen-bond acceptors (Lipinski definition) is 5. The van der Waals surface area contributed by atoms with Gasteiger partial charge in [-0.2, -0.15) is 10.1 Å². The van der Waals surface area contributed by atoms with Crippen molar-refractivity contribution in [3.05, 3.63) is 17.3 Å². The zero-order valence-electron chi connectivity index (χ0n) is 8.43. The summed E-state index contributed by atoms with van der Waals surface area (Å²) in [5, 5.41) is 13.1. The summed E-state index contributed by atoms with van der Waals surface area (Å²) in [5.74, 6) is 0.251. The molecule has 7 heteroatoms. The quantitative estimate of drug-likeness (QED) is 0.836. The number of carbonyl (C=O) groups excluding carboxylic acids is 1. The Morgan fingerprint density at radius 3 is 2.88 bits per heavy atom. The van der Waals surface area contributed by atoms with Gasteiger partial charge in [0.2, 0.25) is 0 Å². The van der Waals surface area contributed by atoms with Gasteiger partial charge in [0.15, 0.2) is 11.0 Å². The molecule has 1 aromatic rings. The van der Waals surface area contributed by atoms with E-state index in [1.807, 2.05) is 0 Å². The van der Waals surface area contributed by atoms with E-state index in [9.17, 15) is 4.79 Å². The summed E-state index contributed by atoms with van der Waals surface area (Å²) < 4.78 is 0. The second kappa shape index (κ2) is 4.54. The van der Waals surface area contributed by atoms with Crippen LogP contribution in [0, 0.1) is 0 Å². The fraction of sp³-hybridized carbons (Fsp3) is 0.333. The number of hydrogen-bond donors (Lipinski definition) is 1. The van der Waals surface area contributed by atoms with Crippen LogP contribution in [0.3, 0.4) is 0 Å². The topological polar surface area (TPSA) is 84.5 Å². The zero-order chi connectivity index (χ0) is 11.5. The molecule has 1 aliphatic heterocycles. The Hall–Kier alpha value is -1.53. The lowest BCUT2D eigenvalue weighted by Gasteiger charge is -2.08. The molecule has 16 heavy (non-hydrogen) atoms. The van der Waals surface area contributed by atoms with Crippen LogP contribution in [0.25, 0.3) is 0 Å². The Labute approximate surface area is 97.1 Å². The Morgan fingerprint density at radius 1 is 1.44 bits per heavy atom. The highest BCUT2D eigenvalue weighted by atomic mass is 35.5. The number of nitrogens with two attached hydrogens (primary N) is 1. The zero-order valence-corrected chi connectivity index (χ0v) is 9.18. The number of hydrazone groups is 1. The molecule has 0 bridgehead atoms. The lowest BCUT2D eigenvalue weighted by molar-refractivity contribution is -0.116. The van der Waals surface area contributed by atoms with Gasteiger partial charge < -0.3 is 5.73 Å². The molecule has 0 radical (unpaired) electrons. The average molecular weight is 240 g/mol. The minimum absolute atomic E-state index is 0.125. The van der Waals surface area contributed by atoms with Crippen molar-refractivity contribution in [3.8, 4) is 0 Å². The van der Waals surface area contributed by atoms with Crippen LogP contribution in [0.1, 0.15) is 12.8 Å². The van der Waals surface area contributed by atoms with Crippen LogP contribution in [0.5, 0.6) is 0 Å². The molecular weight excluding hydrogens is 230 g/mol. The summed E-state index contributed by atoms with van der Waals surface area (Å²) >= 11 is 5.60. The van der Waals surface area contributed by atoms with Crippen molar-refractivity contribution in [1.29, 1.82) is 0 Å². The van der Waals surface area contributed by atoms with E-state index in [1.165, 1.54) is 5.01 Å². The number of aromatic nitrogens is 2. The average Bonchev–Trinajstić information content (AvgIpc) is 2.61. The van der Waals surface area contributed by atoms with Crippen molar-refractivity contribution >= 4 is 29.0 Å². The van der Waals surface area contributed by atoms with E-state index in [0.717, 1.165) is 5.71 Å². The number of rotatable bonds is 3. The minimum Gasteiger partial charge on any atom is -0.330 e. The molecule has 1 aromatic heterocycles. The van der Waals surface area contributed by atoms with Crippen LogP contribution < -0.4 is 10.7 Å². The van der Waals surface area contributed by atoms with E-state index >= 15 is 0 Å². The van der Waals surface area contributed by atoms with E-state index in [2.05, 4.69) is 15.3 Å². The van der Waals surface area contributed by atoms with Gasteiger partial charge in [-0.15, -0.1) is 10.2 Å². The van der Waals surface area contributed by atoms with E-state index in [4.69, 9.17) is 17.3 Å². The fourth-order valence-electron chi connectivity index (χ4n) is 1.39. The van der Waals surface area contributed by atoms with Gasteiger partial charge in [0, 0.05) is 12.1 Å². The lowest BCUT2D eigenvalue weighted by Crippen LogP contribution is -2.20. The maximum absolute atomic E-state index is 11.6. The first kappa shape index (κ1) is 11.0. The maximum atomic E-state index is 11.6. The molecule has 2 rings (SSSR count). The molecule has 1 amide bonds. The predicted octanol–water partition coefficient (Wildman–Crippen LogP) is 0.572. The highest BCUT2D eigenvalue weighted by molar-refractivity contribution is 6.29. The van der Waals surface area contributed by atoms with Crippen LogP contribution in [-0.2, 0) is 4.79 Å². The molecule has 0 saturated heterocycles. The number of halogens is 1. The van der Waals surface area contributed by atoms with E-state index in [1.54, 1.807) is 12.1 Å². The normalized spacial score (nSPS) is 15.5. The molecule has 1 aliphatic rings. The molecule has 0 atom stereocenters. The highest BCUT2D eigenvalue weighted by Gasteiger charge is 2.25. The third kappa shape index (κ3) is 2.17. The standard InChI is InChI=1S/C9H10ClN5O/c10-7-1-2-8(13-12-7)15-9(16)5-6(14-15)3-4-11/h1-2H,3-5,11H2. The van der Waals surface area contributed by atoms with Gasteiger partial charge in [0.25, 0.3) is 5.91 Å². The van der Waals surface area contributed by atoms with Gasteiger partial charge in [-0.3, -0.25) is 4.79 Å². The van der Waals surface area contributed by atoms with Crippen molar-refractivity contribution in [1.82, 2.24) is 10.2 Å². The SMILES string of the molecule is NCCC1=NN(c2ccc(Cl)nn2)C(=O)C1. The maximum Gasteiger partial charge on any atom is 0.254 e. The first-order chi connectivity index (χ1) is 7.70. The van der Waals surface area contributed by atoms with Gasteiger partial charge in [0.05, 0.1) is 6.42 Å². The molecule has 2 N–H and O–H groups in total. The number of anilines is 1. The Kier molecular flexibility index (Phi) is 3.12. The molecule has 2 heterocycles. The molecule has 0 fully saturated rings. The fourth-order valence-corrected chi connectivity index (χ4v) is 1.49. The number of carbonyl (C=O) groups is 1. The van der Waals surface area contributed by atoms with E-state index in [-0.39, 0.29) is 11.1 Å². The summed E-state index contributed by atoms with van der Waals surface area (Å²) in [4.78, 5) is 11.6. The molecule has 0 spiro atoms. The molecule has 0 saturated carbocycles. The van der Waals surface area contributed by atoms with Crippen molar-refractivity contribution in [2.75, 3.05) is 11.6 Å². The molecular formula is C9H10ClN5O. The number of amides is 1. The van der Waals surface area contributed by atoms with Gasteiger partial charge in [-0.1, -0.05) is 11.6 Å². The van der Waals surface area contributed by atoms with Crippen LogP contribution >= 0.6 is 11.6 Å². The summed E-state index contributed by atoms with van der Waals surface area (Å²) in [6, 6.07) is 3.16. The van der Waals surface area contributed by atoms with Crippen molar-refractivity contribution < 1.29 is 4.79 Å². The summed E-state index contributed by atoms with van der Waals surface area (Å²) in [7, 11) is 0. The van der Waals surface area contributed by atoms with Gasteiger partial charge in [-0.05, 0) is 18.7 Å². The molecule has 6 nitrogen and oxygen atoms in total. The van der Waals surface area contributed by atoms with Crippen molar-refractivity contribution in [3.63, 3.8) is 0 Å². The third-order valence-electron chi connectivity index (χ3n) is 2.10. The monoisotopic (exact) mass is 239 g/mol. The van der Waals surface area contributed by atoms with Crippen LogP contribution in [0.15, 0.2) is 17.2 Å². The second-order valence-corrected chi connectivity index (χ2v) is 3.69. The largest absolute Gasteiger partial charge is 0.330 e.